The van der Waals surface area contributed by atoms with Gasteiger partial charge in [0.05, 0.1) is 19.3 Å². The van der Waals surface area contributed by atoms with E-state index in [1.807, 2.05) is 35.2 Å². The first kappa shape index (κ1) is 22.2. The van der Waals surface area contributed by atoms with Gasteiger partial charge in [0.25, 0.3) is 0 Å². The number of esters is 1. The first-order chi connectivity index (χ1) is 14.4. The molecule has 160 valence electrons. The lowest BCUT2D eigenvalue weighted by atomic mass is 10.2. The highest BCUT2D eigenvalue weighted by atomic mass is 32.2. The van der Waals surface area contributed by atoms with Gasteiger partial charge in [0, 0.05) is 31.6 Å². The van der Waals surface area contributed by atoms with E-state index in [1.165, 1.54) is 28.2 Å². The van der Waals surface area contributed by atoms with E-state index in [2.05, 4.69) is 5.32 Å². The summed E-state index contributed by atoms with van der Waals surface area (Å²) < 4.78 is 31.2. The first-order valence-electron chi connectivity index (χ1n) is 9.30. The summed E-state index contributed by atoms with van der Waals surface area (Å²) in [7, 11) is -2.23. The van der Waals surface area contributed by atoms with Gasteiger partial charge in [-0.05, 0) is 23.1 Å². The van der Waals surface area contributed by atoms with Gasteiger partial charge in [-0.15, -0.1) is 11.3 Å². The molecule has 1 saturated heterocycles. The van der Waals surface area contributed by atoms with Gasteiger partial charge in [-0.25, -0.2) is 13.2 Å². The Morgan fingerprint density at radius 2 is 1.83 bits per heavy atom. The Labute approximate surface area is 179 Å². The Balaban J connectivity index is 1.51. The molecule has 2 heterocycles. The maximum absolute atomic E-state index is 12.5. The van der Waals surface area contributed by atoms with Crippen LogP contribution in [0.15, 0.2) is 47.2 Å². The van der Waals surface area contributed by atoms with Crippen LogP contribution in [0.25, 0.3) is 6.08 Å². The molecule has 1 aliphatic heterocycles. The summed E-state index contributed by atoms with van der Waals surface area (Å²) in [5.74, 6) is -0.762. The molecule has 10 heteroatoms. The molecule has 0 saturated carbocycles. The summed E-state index contributed by atoms with van der Waals surface area (Å²) in [4.78, 5) is 26.3. The van der Waals surface area contributed by atoms with Gasteiger partial charge in [-0.3, -0.25) is 9.69 Å². The van der Waals surface area contributed by atoms with Crippen molar-refractivity contribution >= 4 is 45.0 Å². The number of methoxy groups -OCH3 is 1. The quantitative estimate of drug-likeness (QED) is 0.651. The third-order valence-corrected chi connectivity index (χ3v) is 7.06. The Hall–Kier alpha value is -2.53. The molecule has 2 aromatic rings. The van der Waals surface area contributed by atoms with Crippen molar-refractivity contribution in [3.8, 4) is 0 Å². The Kier molecular flexibility index (Phi) is 7.38. The number of thiophene rings is 1. The van der Waals surface area contributed by atoms with Gasteiger partial charge in [0.2, 0.25) is 15.9 Å². The highest BCUT2D eigenvalue weighted by Crippen LogP contribution is 2.23. The van der Waals surface area contributed by atoms with Crippen molar-refractivity contribution in [2.75, 3.05) is 45.2 Å². The number of sulfonamides is 1. The van der Waals surface area contributed by atoms with Crippen molar-refractivity contribution in [1.82, 2.24) is 9.21 Å². The van der Waals surface area contributed by atoms with Gasteiger partial charge in [-0.1, -0.05) is 30.3 Å². The van der Waals surface area contributed by atoms with Crippen LogP contribution in [0.2, 0.25) is 0 Å². The molecule has 1 N–H and O–H groups in total. The molecule has 1 aromatic heterocycles. The van der Waals surface area contributed by atoms with Crippen molar-refractivity contribution in [3.63, 3.8) is 0 Å². The zero-order valence-corrected chi connectivity index (χ0v) is 18.1. The second kappa shape index (κ2) is 9.98. The van der Waals surface area contributed by atoms with Crippen LogP contribution < -0.4 is 5.32 Å². The normalized spacial score (nSPS) is 15.9. The van der Waals surface area contributed by atoms with Crippen molar-refractivity contribution in [1.29, 1.82) is 0 Å². The second-order valence-corrected chi connectivity index (χ2v) is 9.37. The lowest BCUT2D eigenvalue weighted by molar-refractivity contribution is -0.117. The highest BCUT2D eigenvalue weighted by molar-refractivity contribution is 7.92. The van der Waals surface area contributed by atoms with Gasteiger partial charge in [0.15, 0.2) is 0 Å². The Morgan fingerprint density at radius 1 is 1.13 bits per heavy atom. The highest BCUT2D eigenvalue weighted by Gasteiger charge is 2.26. The van der Waals surface area contributed by atoms with Crippen LogP contribution in [-0.4, -0.2) is 69.3 Å². The zero-order valence-electron chi connectivity index (χ0n) is 16.5. The molecule has 0 bridgehead atoms. The molecule has 1 aliphatic rings. The summed E-state index contributed by atoms with van der Waals surface area (Å²) in [5.41, 5.74) is 1.24. The second-order valence-electron chi connectivity index (χ2n) is 6.64. The number of benzene rings is 1. The molecule has 30 heavy (non-hydrogen) atoms. The van der Waals surface area contributed by atoms with E-state index in [4.69, 9.17) is 4.74 Å². The van der Waals surface area contributed by atoms with Gasteiger partial charge < -0.3 is 10.1 Å². The Bertz CT molecular complexity index is 1010. The maximum atomic E-state index is 12.5. The van der Waals surface area contributed by atoms with Crippen LogP contribution in [0.1, 0.15) is 15.2 Å². The van der Waals surface area contributed by atoms with E-state index in [-0.39, 0.29) is 12.5 Å². The maximum Gasteiger partial charge on any atom is 0.350 e. The number of carbonyl (C=O) groups excluding carboxylic acids is 2. The largest absolute Gasteiger partial charge is 0.465 e. The van der Waals surface area contributed by atoms with Gasteiger partial charge in [0.1, 0.15) is 4.88 Å². The number of hydrogen-bond donors (Lipinski definition) is 1. The predicted octanol–water partition coefficient (Wildman–Crippen LogP) is 2.09. The molecule has 0 unspecified atom stereocenters. The SMILES string of the molecule is COC(=O)c1sccc1NC(=O)CN1CCN(S(=O)(=O)/C=C/c2ccccc2)CC1. The number of carbonyl (C=O) groups is 2. The van der Waals surface area contributed by atoms with E-state index >= 15 is 0 Å². The summed E-state index contributed by atoms with van der Waals surface area (Å²) in [6.07, 6.45) is 1.58. The van der Waals surface area contributed by atoms with E-state index in [0.717, 1.165) is 5.56 Å². The number of amides is 1. The fourth-order valence-corrected chi connectivity index (χ4v) is 4.95. The van der Waals surface area contributed by atoms with Crippen LogP contribution in [0, 0.1) is 0 Å². The van der Waals surface area contributed by atoms with E-state index < -0.39 is 16.0 Å². The third-order valence-electron chi connectivity index (χ3n) is 4.60. The van der Waals surface area contributed by atoms with Crippen molar-refractivity contribution in [2.24, 2.45) is 0 Å². The molecule has 3 rings (SSSR count). The molecule has 1 aromatic carbocycles. The average Bonchev–Trinajstić information content (AvgIpc) is 3.21. The molecule has 0 radical (unpaired) electrons. The molecule has 1 amide bonds. The van der Waals surface area contributed by atoms with E-state index in [1.54, 1.807) is 17.5 Å². The summed E-state index contributed by atoms with van der Waals surface area (Å²) in [6.45, 7) is 1.62. The Morgan fingerprint density at radius 3 is 2.50 bits per heavy atom. The molecular weight excluding hydrogens is 426 g/mol. The summed E-state index contributed by atoms with van der Waals surface area (Å²) >= 11 is 1.19. The fourth-order valence-electron chi connectivity index (χ4n) is 3.01. The third kappa shape index (κ3) is 5.76. The molecule has 8 nitrogen and oxygen atoms in total. The summed E-state index contributed by atoms with van der Waals surface area (Å²) in [6, 6.07) is 10.9. The van der Waals surface area contributed by atoms with Crippen molar-refractivity contribution in [2.45, 2.75) is 0 Å². The zero-order chi connectivity index (χ0) is 21.6. The number of rotatable bonds is 7. The van der Waals surface area contributed by atoms with Gasteiger partial charge >= 0.3 is 5.97 Å². The minimum Gasteiger partial charge on any atom is -0.465 e. The van der Waals surface area contributed by atoms with Gasteiger partial charge in [-0.2, -0.15) is 4.31 Å². The molecule has 0 aliphatic carbocycles. The van der Waals surface area contributed by atoms with Crippen molar-refractivity contribution < 1.29 is 22.7 Å². The number of piperazine rings is 1. The molecule has 0 spiro atoms. The van der Waals surface area contributed by atoms with E-state index in [0.29, 0.717) is 36.7 Å². The van der Waals surface area contributed by atoms with Crippen LogP contribution in [-0.2, 0) is 19.6 Å². The van der Waals surface area contributed by atoms with Crippen LogP contribution in [0.4, 0.5) is 5.69 Å². The monoisotopic (exact) mass is 449 g/mol. The molecular formula is C20H23N3O5S2. The van der Waals surface area contributed by atoms with Crippen LogP contribution in [0.3, 0.4) is 0 Å². The molecule has 1 fully saturated rings. The number of nitrogens with one attached hydrogen (secondary N) is 1. The lowest BCUT2D eigenvalue weighted by Crippen LogP contribution is -2.49. The first-order valence-corrected chi connectivity index (χ1v) is 11.7. The minimum absolute atomic E-state index is 0.115. The number of hydrogen-bond acceptors (Lipinski definition) is 7. The average molecular weight is 450 g/mol. The number of ether oxygens (including phenoxy) is 1. The standard InChI is InChI=1S/C20H23N3O5S2/c1-28-20(25)19-17(7-13-29-19)21-18(24)15-22-9-11-23(12-10-22)30(26,27)14-8-16-5-3-2-4-6-16/h2-8,13-14H,9-12,15H2,1H3,(H,21,24)/b14-8+. The topological polar surface area (TPSA) is 96.0 Å². The predicted molar refractivity (Wildman–Crippen MR) is 117 cm³/mol. The molecule has 0 atom stereocenters. The fraction of sp³-hybridized carbons (Fsp3) is 0.300. The van der Waals surface area contributed by atoms with Crippen LogP contribution >= 0.6 is 11.3 Å². The summed E-state index contributed by atoms with van der Waals surface area (Å²) in [5, 5.41) is 5.64. The minimum atomic E-state index is -3.52. The van der Waals surface area contributed by atoms with Crippen molar-refractivity contribution in [3.05, 3.63) is 57.6 Å². The lowest BCUT2D eigenvalue weighted by Gasteiger charge is -2.32. The smallest absolute Gasteiger partial charge is 0.350 e. The van der Waals surface area contributed by atoms with Crippen LogP contribution in [0.5, 0.6) is 0 Å². The number of nitrogens with zero attached hydrogens (tertiary/aromatic N) is 2. The van der Waals surface area contributed by atoms with E-state index in [9.17, 15) is 18.0 Å². The number of anilines is 1.